The van der Waals surface area contributed by atoms with Crippen LogP contribution in [-0.4, -0.2) is 47.4 Å². The molecule has 13 heteroatoms. The molecule has 0 saturated carbocycles. The number of rotatable bonds is 12. The lowest BCUT2D eigenvalue weighted by Crippen LogP contribution is -2.54. The van der Waals surface area contributed by atoms with Gasteiger partial charge in [0.25, 0.3) is 0 Å². The quantitative estimate of drug-likeness (QED) is 0.150. The zero-order valence-corrected chi connectivity index (χ0v) is 21.2. The molecule has 2 atom stereocenters. The van der Waals surface area contributed by atoms with Crippen molar-refractivity contribution in [1.29, 1.82) is 0 Å². The van der Waals surface area contributed by atoms with Crippen LogP contribution in [0.4, 0.5) is 22.0 Å². The summed E-state index contributed by atoms with van der Waals surface area (Å²) in [5.74, 6) is -15.5. The van der Waals surface area contributed by atoms with Gasteiger partial charge in [-0.15, -0.1) is 0 Å². The molecule has 216 valence electrons. The molecule has 0 saturated heterocycles. The summed E-state index contributed by atoms with van der Waals surface area (Å²) in [6.07, 6.45) is -1.36. The van der Waals surface area contributed by atoms with Gasteiger partial charge in [0.1, 0.15) is 12.1 Å². The van der Waals surface area contributed by atoms with Gasteiger partial charge in [0.15, 0.2) is 23.3 Å². The van der Waals surface area contributed by atoms with Gasteiger partial charge >= 0.3 is 5.97 Å². The van der Waals surface area contributed by atoms with E-state index in [2.05, 4.69) is 10.6 Å². The lowest BCUT2D eigenvalue weighted by Gasteiger charge is -2.22. The van der Waals surface area contributed by atoms with Crippen LogP contribution in [0.2, 0.25) is 0 Å². The van der Waals surface area contributed by atoms with Gasteiger partial charge in [-0.25, -0.2) is 26.7 Å². The summed E-state index contributed by atoms with van der Waals surface area (Å²) < 4.78 is 67.7. The van der Waals surface area contributed by atoms with Crippen molar-refractivity contribution in [3.8, 4) is 0 Å². The van der Waals surface area contributed by atoms with E-state index in [9.17, 15) is 46.2 Å². The van der Waals surface area contributed by atoms with Crippen LogP contribution in [0.15, 0.2) is 60.7 Å². The second-order valence-electron chi connectivity index (χ2n) is 8.90. The van der Waals surface area contributed by atoms with Crippen LogP contribution in [0.1, 0.15) is 16.7 Å². The molecule has 4 N–H and O–H groups in total. The Bertz CT molecular complexity index is 1390. The lowest BCUT2D eigenvalue weighted by atomic mass is 10.0. The summed E-state index contributed by atoms with van der Waals surface area (Å²) >= 11 is 0. The highest BCUT2D eigenvalue weighted by Gasteiger charge is 2.29. The normalized spacial score (nSPS) is 12.2. The van der Waals surface area contributed by atoms with Crippen LogP contribution in [0.3, 0.4) is 0 Å². The third-order valence-corrected chi connectivity index (χ3v) is 5.92. The number of amides is 3. The highest BCUT2D eigenvalue weighted by molar-refractivity contribution is 5.92. The highest BCUT2D eigenvalue weighted by atomic mass is 19.2. The largest absolute Gasteiger partial charge is 0.480 e. The van der Waals surface area contributed by atoms with Gasteiger partial charge in [0.05, 0.1) is 13.0 Å². The maximum Gasteiger partial charge on any atom is 0.326 e. The maximum absolute atomic E-state index is 13.9. The number of benzene rings is 3. The van der Waals surface area contributed by atoms with Crippen LogP contribution in [0, 0.1) is 29.1 Å². The summed E-state index contributed by atoms with van der Waals surface area (Å²) in [7, 11) is 0. The molecule has 0 bridgehead atoms. The van der Waals surface area contributed by atoms with E-state index in [4.69, 9.17) is 0 Å². The summed E-state index contributed by atoms with van der Waals surface area (Å²) in [6, 6.07) is 14.3. The molecule has 0 aromatic heterocycles. The van der Waals surface area contributed by atoms with Gasteiger partial charge in [-0.05, 0) is 11.1 Å². The first-order chi connectivity index (χ1) is 19.5. The number of nitrogens with one attached hydrogen (secondary N) is 3. The molecular formula is C28H24F5N3O5. The number of halogens is 5. The first-order valence-electron chi connectivity index (χ1n) is 12.1. The van der Waals surface area contributed by atoms with Crippen LogP contribution in [0.5, 0.6) is 0 Å². The second-order valence-corrected chi connectivity index (χ2v) is 8.90. The van der Waals surface area contributed by atoms with Crippen molar-refractivity contribution in [2.45, 2.75) is 31.3 Å². The van der Waals surface area contributed by atoms with E-state index in [0.717, 1.165) is 0 Å². The monoisotopic (exact) mass is 577 g/mol. The zero-order valence-electron chi connectivity index (χ0n) is 21.2. The van der Waals surface area contributed by atoms with Crippen molar-refractivity contribution >= 4 is 23.7 Å². The van der Waals surface area contributed by atoms with Crippen molar-refractivity contribution < 1.29 is 46.2 Å². The number of aliphatic carboxylic acids is 1. The second kappa shape index (κ2) is 14.0. The molecule has 0 radical (unpaired) electrons. The third kappa shape index (κ3) is 8.34. The molecule has 0 spiro atoms. The summed E-state index contributed by atoms with van der Waals surface area (Å²) in [4.78, 5) is 49.6. The summed E-state index contributed by atoms with van der Waals surface area (Å²) in [5, 5.41) is 16.4. The van der Waals surface area contributed by atoms with Crippen molar-refractivity contribution in [3.63, 3.8) is 0 Å². The molecule has 3 rings (SSSR count). The minimum atomic E-state index is -2.37. The predicted molar refractivity (Wildman–Crippen MR) is 135 cm³/mol. The van der Waals surface area contributed by atoms with E-state index in [0.29, 0.717) is 11.1 Å². The molecule has 3 amide bonds. The van der Waals surface area contributed by atoms with Gasteiger partial charge in [0.2, 0.25) is 23.5 Å². The van der Waals surface area contributed by atoms with E-state index in [1.54, 1.807) is 60.7 Å². The predicted octanol–water partition coefficient (Wildman–Crippen LogP) is 2.58. The Kier molecular flexibility index (Phi) is 10.5. The Labute approximate surface area is 230 Å². The number of hydrogen-bond donors (Lipinski definition) is 4. The lowest BCUT2D eigenvalue weighted by molar-refractivity contribution is -0.142. The van der Waals surface area contributed by atoms with Crippen molar-refractivity contribution in [2.24, 2.45) is 0 Å². The molecule has 0 heterocycles. The van der Waals surface area contributed by atoms with E-state index in [1.807, 2.05) is 5.32 Å². The highest BCUT2D eigenvalue weighted by Crippen LogP contribution is 2.23. The number of carboxylic acids is 1. The van der Waals surface area contributed by atoms with Crippen LogP contribution < -0.4 is 16.0 Å². The molecule has 3 aromatic rings. The third-order valence-electron chi connectivity index (χ3n) is 5.92. The van der Waals surface area contributed by atoms with Gasteiger partial charge in [-0.3, -0.25) is 14.4 Å². The van der Waals surface area contributed by atoms with E-state index >= 15 is 0 Å². The van der Waals surface area contributed by atoms with Crippen molar-refractivity contribution in [2.75, 3.05) is 6.54 Å². The number of carboxylic acid groups (broad SMARTS) is 1. The molecule has 0 aliphatic rings. The molecule has 0 unspecified atom stereocenters. The standard InChI is InChI=1S/C28H24F5N3O5/c29-22-17(23(30)25(32)26(33)24(22)31)13-20(37)34-14-21(38)35-18(11-15-7-3-1-4-8-15)27(39)36-19(28(40)41)12-16-9-5-2-6-10-16/h1-10,18-19H,11-14H2,(H,34,37)(H,35,38)(H,36,39)(H,40,41)/t18-,19-/m0/s1. The van der Waals surface area contributed by atoms with E-state index in [-0.39, 0.29) is 12.8 Å². The van der Waals surface area contributed by atoms with E-state index in [1.165, 1.54) is 0 Å². The van der Waals surface area contributed by atoms with E-state index < -0.39 is 83.4 Å². The number of carbonyl (C=O) groups excluding carboxylic acids is 3. The fraction of sp³-hybridized carbons (Fsp3) is 0.214. The molecule has 0 aliphatic carbocycles. The Hall–Kier alpha value is -4.81. The number of hydrogen-bond acceptors (Lipinski definition) is 4. The summed E-state index contributed by atoms with van der Waals surface area (Å²) in [5.41, 5.74) is -0.127. The van der Waals surface area contributed by atoms with Gasteiger partial charge < -0.3 is 21.1 Å². The topological polar surface area (TPSA) is 125 Å². The molecular weight excluding hydrogens is 553 g/mol. The fourth-order valence-corrected chi connectivity index (χ4v) is 3.83. The molecule has 8 nitrogen and oxygen atoms in total. The SMILES string of the molecule is O=C(Cc1c(F)c(F)c(F)c(F)c1F)NCC(=O)N[C@@H](Cc1ccccc1)C(=O)N[C@@H](Cc1ccccc1)C(=O)O. The first kappa shape index (κ1) is 30.7. The van der Waals surface area contributed by atoms with Gasteiger partial charge in [-0.2, -0.15) is 0 Å². The fourth-order valence-electron chi connectivity index (χ4n) is 3.83. The Balaban J connectivity index is 1.67. The Morgan fingerprint density at radius 3 is 1.59 bits per heavy atom. The van der Waals surface area contributed by atoms with Gasteiger partial charge in [-0.1, -0.05) is 60.7 Å². The molecule has 3 aromatic carbocycles. The molecule has 0 fully saturated rings. The number of carbonyl (C=O) groups is 4. The Morgan fingerprint density at radius 2 is 1.10 bits per heavy atom. The smallest absolute Gasteiger partial charge is 0.326 e. The van der Waals surface area contributed by atoms with Crippen LogP contribution in [-0.2, 0) is 38.4 Å². The van der Waals surface area contributed by atoms with Crippen molar-refractivity contribution in [3.05, 3.63) is 106 Å². The summed E-state index contributed by atoms with van der Waals surface area (Å²) in [6.45, 7) is -0.820. The Morgan fingerprint density at radius 1 is 0.634 bits per heavy atom. The zero-order chi connectivity index (χ0) is 30.1. The molecule has 41 heavy (non-hydrogen) atoms. The van der Waals surface area contributed by atoms with Gasteiger partial charge in [0, 0.05) is 18.4 Å². The minimum Gasteiger partial charge on any atom is -0.480 e. The average Bonchev–Trinajstić information content (AvgIpc) is 2.96. The average molecular weight is 578 g/mol. The maximum atomic E-state index is 13.9. The van der Waals surface area contributed by atoms with Crippen molar-refractivity contribution in [1.82, 2.24) is 16.0 Å². The molecule has 0 aliphatic heterocycles. The van der Waals surface area contributed by atoms with Crippen LogP contribution in [0.25, 0.3) is 0 Å². The first-order valence-corrected chi connectivity index (χ1v) is 12.1. The minimum absolute atomic E-state index is 0.0400. The van der Waals surface area contributed by atoms with Crippen LogP contribution >= 0.6 is 0 Å².